The Morgan fingerprint density at radius 2 is 1.74 bits per heavy atom. The van der Waals surface area contributed by atoms with Crippen molar-refractivity contribution in [2.24, 2.45) is 0 Å². The SMILES string of the molecule is COc1ccc(SSc2ccccc2[N+](=O)[O-])cc1. The monoisotopic (exact) mass is 293 g/mol. The van der Waals surface area contributed by atoms with E-state index in [-0.39, 0.29) is 10.6 Å². The minimum absolute atomic E-state index is 0.133. The first-order valence-electron chi connectivity index (χ1n) is 5.42. The molecule has 0 heterocycles. The van der Waals surface area contributed by atoms with Crippen LogP contribution >= 0.6 is 21.6 Å². The van der Waals surface area contributed by atoms with Crippen LogP contribution in [0.15, 0.2) is 58.3 Å². The number of nitrogens with zero attached hydrogens (tertiary/aromatic N) is 1. The second-order valence-electron chi connectivity index (χ2n) is 3.57. The van der Waals surface area contributed by atoms with Crippen LogP contribution in [0, 0.1) is 10.1 Å². The highest BCUT2D eigenvalue weighted by molar-refractivity contribution is 8.76. The number of rotatable bonds is 5. The number of ether oxygens (including phenoxy) is 1. The molecule has 0 spiro atoms. The van der Waals surface area contributed by atoms with E-state index in [1.54, 1.807) is 25.3 Å². The van der Waals surface area contributed by atoms with Gasteiger partial charge in [-0.1, -0.05) is 22.9 Å². The van der Waals surface area contributed by atoms with Crippen LogP contribution in [0.2, 0.25) is 0 Å². The zero-order valence-electron chi connectivity index (χ0n) is 10.1. The third-order valence-corrected chi connectivity index (χ3v) is 4.79. The van der Waals surface area contributed by atoms with Gasteiger partial charge in [0.2, 0.25) is 0 Å². The second kappa shape index (κ2) is 6.49. The van der Waals surface area contributed by atoms with Crippen LogP contribution < -0.4 is 4.74 Å². The van der Waals surface area contributed by atoms with Crippen molar-refractivity contribution in [3.63, 3.8) is 0 Å². The Labute approximate surface area is 118 Å². The summed E-state index contributed by atoms with van der Waals surface area (Å²) in [7, 11) is 4.47. The lowest BCUT2D eigenvalue weighted by Crippen LogP contribution is -1.89. The average molecular weight is 293 g/mol. The summed E-state index contributed by atoms with van der Waals surface area (Å²) in [5.74, 6) is 0.792. The topological polar surface area (TPSA) is 52.4 Å². The van der Waals surface area contributed by atoms with Crippen molar-refractivity contribution in [2.75, 3.05) is 7.11 Å². The standard InChI is InChI=1S/C13H11NO3S2/c1-17-10-6-8-11(9-7-10)18-19-13-5-3-2-4-12(13)14(15)16/h2-9H,1H3. The molecule has 0 fully saturated rings. The van der Waals surface area contributed by atoms with Crippen molar-refractivity contribution < 1.29 is 9.66 Å². The van der Waals surface area contributed by atoms with Crippen LogP contribution in [0.3, 0.4) is 0 Å². The first kappa shape index (κ1) is 13.8. The summed E-state index contributed by atoms with van der Waals surface area (Å²) in [6.45, 7) is 0. The summed E-state index contributed by atoms with van der Waals surface area (Å²) in [6, 6.07) is 14.3. The molecule has 0 saturated heterocycles. The quantitative estimate of drug-likeness (QED) is 0.464. The Bertz CT molecular complexity index is 572. The Morgan fingerprint density at radius 1 is 1.05 bits per heavy atom. The molecule has 0 aliphatic carbocycles. The molecule has 0 radical (unpaired) electrons. The van der Waals surface area contributed by atoms with Gasteiger partial charge in [0.15, 0.2) is 0 Å². The van der Waals surface area contributed by atoms with Crippen molar-refractivity contribution in [1.82, 2.24) is 0 Å². The van der Waals surface area contributed by atoms with Crippen LogP contribution in [-0.4, -0.2) is 12.0 Å². The molecular formula is C13H11NO3S2. The van der Waals surface area contributed by atoms with E-state index < -0.39 is 0 Å². The minimum atomic E-state index is -0.364. The Kier molecular flexibility index (Phi) is 4.70. The molecule has 0 aliphatic rings. The number of para-hydroxylation sites is 1. The second-order valence-corrected chi connectivity index (χ2v) is 5.81. The van der Waals surface area contributed by atoms with Crippen LogP contribution in [0.5, 0.6) is 5.75 Å². The molecule has 0 aromatic heterocycles. The van der Waals surface area contributed by atoms with E-state index in [1.807, 2.05) is 24.3 Å². The van der Waals surface area contributed by atoms with Crippen LogP contribution in [0.4, 0.5) is 5.69 Å². The predicted octanol–water partition coefficient (Wildman–Crippen LogP) is 4.40. The lowest BCUT2D eigenvalue weighted by molar-refractivity contribution is -0.387. The molecule has 2 aromatic carbocycles. The van der Waals surface area contributed by atoms with E-state index in [4.69, 9.17) is 4.74 Å². The number of benzene rings is 2. The molecule has 19 heavy (non-hydrogen) atoms. The highest BCUT2D eigenvalue weighted by Gasteiger charge is 2.13. The maximum atomic E-state index is 10.9. The van der Waals surface area contributed by atoms with E-state index in [0.29, 0.717) is 4.90 Å². The maximum absolute atomic E-state index is 10.9. The maximum Gasteiger partial charge on any atom is 0.283 e. The molecule has 0 saturated carbocycles. The summed E-state index contributed by atoms with van der Waals surface area (Å²) in [5, 5.41) is 10.9. The van der Waals surface area contributed by atoms with E-state index in [1.165, 1.54) is 27.7 Å². The number of nitro groups is 1. The van der Waals surface area contributed by atoms with Gasteiger partial charge in [0.25, 0.3) is 5.69 Å². The van der Waals surface area contributed by atoms with Gasteiger partial charge in [-0.25, -0.2) is 0 Å². The van der Waals surface area contributed by atoms with Gasteiger partial charge in [-0.3, -0.25) is 10.1 Å². The first-order valence-corrected chi connectivity index (χ1v) is 7.57. The van der Waals surface area contributed by atoms with Crippen molar-refractivity contribution in [1.29, 1.82) is 0 Å². The molecule has 0 amide bonds. The summed E-state index contributed by atoms with van der Waals surface area (Å²) < 4.78 is 5.08. The fraction of sp³-hybridized carbons (Fsp3) is 0.0769. The smallest absolute Gasteiger partial charge is 0.283 e. The molecule has 0 atom stereocenters. The highest BCUT2D eigenvalue weighted by atomic mass is 33.1. The zero-order valence-corrected chi connectivity index (χ0v) is 11.7. The zero-order chi connectivity index (χ0) is 13.7. The van der Waals surface area contributed by atoms with Crippen LogP contribution in [0.25, 0.3) is 0 Å². The summed E-state index contributed by atoms with van der Waals surface area (Å²) in [4.78, 5) is 12.2. The molecule has 0 aliphatic heterocycles. The Balaban J connectivity index is 2.07. The number of nitro benzene ring substituents is 1. The molecule has 0 unspecified atom stereocenters. The molecule has 0 bridgehead atoms. The molecular weight excluding hydrogens is 282 g/mol. The van der Waals surface area contributed by atoms with Gasteiger partial charge in [-0.05, 0) is 41.1 Å². The minimum Gasteiger partial charge on any atom is -0.497 e. The molecule has 0 N–H and O–H groups in total. The van der Waals surface area contributed by atoms with Crippen molar-refractivity contribution >= 4 is 27.3 Å². The lowest BCUT2D eigenvalue weighted by Gasteiger charge is -2.03. The number of hydrogen-bond acceptors (Lipinski definition) is 5. The van der Waals surface area contributed by atoms with Gasteiger partial charge >= 0.3 is 0 Å². The van der Waals surface area contributed by atoms with Crippen LogP contribution in [0.1, 0.15) is 0 Å². The van der Waals surface area contributed by atoms with E-state index in [9.17, 15) is 10.1 Å². The van der Waals surface area contributed by atoms with Gasteiger partial charge in [-0.2, -0.15) is 0 Å². The molecule has 4 nitrogen and oxygen atoms in total. The third kappa shape index (κ3) is 3.65. The normalized spacial score (nSPS) is 10.2. The lowest BCUT2D eigenvalue weighted by atomic mass is 10.3. The fourth-order valence-corrected chi connectivity index (χ4v) is 3.51. The largest absolute Gasteiger partial charge is 0.497 e. The van der Waals surface area contributed by atoms with Gasteiger partial charge < -0.3 is 4.74 Å². The van der Waals surface area contributed by atoms with Gasteiger partial charge in [-0.15, -0.1) is 0 Å². The highest BCUT2D eigenvalue weighted by Crippen LogP contribution is 2.41. The molecule has 6 heteroatoms. The third-order valence-electron chi connectivity index (χ3n) is 2.35. The summed E-state index contributed by atoms with van der Waals surface area (Å²) in [5.41, 5.74) is 0.133. The van der Waals surface area contributed by atoms with E-state index >= 15 is 0 Å². The van der Waals surface area contributed by atoms with E-state index in [2.05, 4.69) is 0 Å². The number of methoxy groups -OCH3 is 1. The molecule has 2 rings (SSSR count). The number of hydrogen-bond donors (Lipinski definition) is 0. The predicted molar refractivity (Wildman–Crippen MR) is 77.8 cm³/mol. The summed E-state index contributed by atoms with van der Waals surface area (Å²) in [6.07, 6.45) is 0. The first-order chi connectivity index (χ1) is 9.20. The Hall–Kier alpha value is -1.66. The molecule has 2 aromatic rings. The van der Waals surface area contributed by atoms with Gasteiger partial charge in [0.05, 0.1) is 16.9 Å². The van der Waals surface area contributed by atoms with Gasteiger partial charge in [0.1, 0.15) is 5.75 Å². The average Bonchev–Trinajstić information content (AvgIpc) is 2.46. The molecule has 98 valence electrons. The van der Waals surface area contributed by atoms with Gasteiger partial charge in [0, 0.05) is 11.0 Å². The van der Waals surface area contributed by atoms with Crippen molar-refractivity contribution in [2.45, 2.75) is 9.79 Å². The van der Waals surface area contributed by atoms with Crippen molar-refractivity contribution in [3.8, 4) is 5.75 Å². The van der Waals surface area contributed by atoms with Crippen LogP contribution in [-0.2, 0) is 0 Å². The van der Waals surface area contributed by atoms with E-state index in [0.717, 1.165) is 10.6 Å². The summed E-state index contributed by atoms with van der Waals surface area (Å²) >= 11 is 0. The fourth-order valence-electron chi connectivity index (χ4n) is 1.40. The van der Waals surface area contributed by atoms with Crippen molar-refractivity contribution in [3.05, 3.63) is 58.6 Å². The Morgan fingerprint density at radius 3 is 2.37 bits per heavy atom.